The fourth-order valence-corrected chi connectivity index (χ4v) is 4.90. The first kappa shape index (κ1) is 43.3. The minimum atomic E-state index is -0.781. The van der Waals surface area contributed by atoms with E-state index in [0.29, 0.717) is 31.5 Å². The molecule has 250 valence electrons. The summed E-state index contributed by atoms with van der Waals surface area (Å²) in [6, 6.07) is 8.50. The number of carbonyl (C=O) groups is 3. The Morgan fingerprint density at radius 1 is 1.02 bits per heavy atom. The highest BCUT2D eigenvalue weighted by molar-refractivity contribution is 8.10. The number of Topliss-reactive ketones (excluding diaryl/α,β-unsaturated/α-hetero) is 1. The summed E-state index contributed by atoms with van der Waals surface area (Å²) in [4.78, 5) is 34.0. The SMILES string of the molecule is C=C(N)CCCC(=O)O.C=CS/C(=C(/C)CC)c1ccc(CNC(=O)C(C)CCCC(C)CC)cc1.CC(=O)CC(C)(C)C. The van der Waals surface area contributed by atoms with Crippen LogP contribution < -0.4 is 11.1 Å². The molecule has 0 fully saturated rings. The van der Waals surface area contributed by atoms with Crippen molar-refractivity contribution < 1.29 is 19.5 Å². The van der Waals surface area contributed by atoms with Crippen LogP contribution in [0.2, 0.25) is 0 Å². The molecule has 0 bridgehead atoms. The molecule has 0 aliphatic carbocycles. The zero-order chi connectivity index (χ0) is 34.3. The second-order valence-corrected chi connectivity index (χ2v) is 13.8. The van der Waals surface area contributed by atoms with E-state index in [1.54, 1.807) is 18.7 Å². The average molecular weight is 631 g/mol. The Labute approximate surface area is 273 Å². The topological polar surface area (TPSA) is 109 Å². The van der Waals surface area contributed by atoms with Crippen LogP contribution in [0.25, 0.3) is 4.91 Å². The summed E-state index contributed by atoms with van der Waals surface area (Å²) in [5.74, 6) is 0.494. The molecule has 0 aliphatic rings. The molecule has 2 atom stereocenters. The van der Waals surface area contributed by atoms with Crippen LogP contribution >= 0.6 is 11.8 Å². The van der Waals surface area contributed by atoms with Gasteiger partial charge in [0.25, 0.3) is 0 Å². The Hall–Kier alpha value is -2.80. The molecule has 0 aromatic heterocycles. The minimum absolute atomic E-state index is 0.0825. The van der Waals surface area contributed by atoms with Gasteiger partial charge in [0.2, 0.25) is 5.91 Å². The van der Waals surface area contributed by atoms with E-state index in [1.807, 2.05) is 12.3 Å². The molecule has 1 aromatic carbocycles. The molecule has 1 rings (SSSR count). The molecule has 0 saturated heterocycles. The van der Waals surface area contributed by atoms with Gasteiger partial charge in [-0.05, 0) is 67.4 Å². The molecule has 4 N–H and O–H groups in total. The number of carboxylic acid groups (broad SMARTS) is 1. The number of aliphatic carboxylic acids is 1. The van der Waals surface area contributed by atoms with Gasteiger partial charge in [0.05, 0.1) is 0 Å². The lowest BCUT2D eigenvalue weighted by molar-refractivity contribution is -0.137. The van der Waals surface area contributed by atoms with Crippen LogP contribution in [0.3, 0.4) is 0 Å². The van der Waals surface area contributed by atoms with E-state index < -0.39 is 5.97 Å². The maximum atomic E-state index is 12.3. The summed E-state index contributed by atoms with van der Waals surface area (Å²) in [5, 5.41) is 13.1. The molecule has 2 unspecified atom stereocenters. The van der Waals surface area contributed by atoms with Gasteiger partial charge in [-0.3, -0.25) is 9.59 Å². The molecular weight excluding hydrogens is 568 g/mol. The number of nitrogens with two attached hydrogens (primary N) is 1. The van der Waals surface area contributed by atoms with Crippen molar-refractivity contribution in [2.24, 2.45) is 23.0 Å². The number of rotatable bonds is 17. The molecule has 6 nitrogen and oxygen atoms in total. The van der Waals surface area contributed by atoms with Gasteiger partial charge in [0, 0.05) is 35.9 Å². The third kappa shape index (κ3) is 24.6. The summed E-state index contributed by atoms with van der Waals surface area (Å²) < 4.78 is 0. The number of thioether (sulfide) groups is 1. The second-order valence-electron chi connectivity index (χ2n) is 12.9. The number of hydrogen-bond donors (Lipinski definition) is 3. The predicted octanol–water partition coefficient (Wildman–Crippen LogP) is 9.90. The summed E-state index contributed by atoms with van der Waals surface area (Å²) in [6.45, 7) is 26.6. The van der Waals surface area contributed by atoms with Gasteiger partial charge >= 0.3 is 5.97 Å². The summed E-state index contributed by atoms with van der Waals surface area (Å²) in [7, 11) is 0. The van der Waals surface area contributed by atoms with E-state index in [9.17, 15) is 14.4 Å². The predicted molar refractivity (Wildman–Crippen MR) is 191 cm³/mol. The van der Waals surface area contributed by atoms with E-state index in [4.69, 9.17) is 10.8 Å². The number of carbonyl (C=O) groups excluding carboxylic acids is 2. The van der Waals surface area contributed by atoms with Crippen LogP contribution in [0.1, 0.15) is 131 Å². The van der Waals surface area contributed by atoms with E-state index >= 15 is 0 Å². The second kappa shape index (κ2) is 24.5. The van der Waals surface area contributed by atoms with Crippen LogP contribution in [0.4, 0.5) is 0 Å². The molecule has 1 aromatic rings. The van der Waals surface area contributed by atoms with Crippen molar-refractivity contribution in [2.75, 3.05) is 0 Å². The largest absolute Gasteiger partial charge is 0.481 e. The molecule has 0 aliphatic heterocycles. The van der Waals surface area contributed by atoms with Gasteiger partial charge in [-0.2, -0.15) is 0 Å². The van der Waals surface area contributed by atoms with Crippen molar-refractivity contribution >= 4 is 34.3 Å². The Morgan fingerprint density at radius 3 is 2.02 bits per heavy atom. The summed E-state index contributed by atoms with van der Waals surface area (Å²) >= 11 is 1.68. The van der Waals surface area contributed by atoms with Gasteiger partial charge < -0.3 is 21.0 Å². The maximum Gasteiger partial charge on any atom is 0.303 e. The van der Waals surface area contributed by atoms with Crippen molar-refractivity contribution in [1.82, 2.24) is 5.32 Å². The number of hydrogen-bond acceptors (Lipinski definition) is 5. The molecule has 44 heavy (non-hydrogen) atoms. The molecule has 0 spiro atoms. The highest BCUT2D eigenvalue weighted by atomic mass is 32.2. The van der Waals surface area contributed by atoms with Crippen molar-refractivity contribution in [3.8, 4) is 0 Å². The lowest BCUT2D eigenvalue weighted by Gasteiger charge is -2.14. The van der Waals surface area contributed by atoms with Crippen LogP contribution in [-0.4, -0.2) is 22.8 Å². The number of allylic oxidation sites excluding steroid dienone is 2. The van der Waals surface area contributed by atoms with Gasteiger partial charge in [-0.15, -0.1) is 0 Å². The van der Waals surface area contributed by atoms with Crippen molar-refractivity contribution in [2.45, 2.75) is 127 Å². The average Bonchev–Trinajstić information content (AvgIpc) is 2.93. The fourth-order valence-electron chi connectivity index (χ4n) is 4.12. The smallest absolute Gasteiger partial charge is 0.303 e. The van der Waals surface area contributed by atoms with Crippen molar-refractivity contribution in [3.63, 3.8) is 0 Å². The standard InChI is InChI=1S/C24H37NOS.C7H14O.C6H11NO2/c1-7-18(4)11-10-12-20(6)24(26)25-17-21-13-15-22(16-14-21)23(27-9-3)19(5)8-2;1-6(8)5-7(2,3)4;1-5(7)3-2-4-6(8)9/h9,13-16,18,20H,3,7-8,10-12,17H2,1-2,4-6H3,(H,25,26);5H2,1-4H3;1-4,7H2,(H,8,9)/b23-19-;;. The van der Waals surface area contributed by atoms with Gasteiger partial charge in [0.1, 0.15) is 5.78 Å². The molecule has 0 saturated carbocycles. The Bertz CT molecular complexity index is 1020. The Morgan fingerprint density at radius 2 is 1.61 bits per heavy atom. The molecule has 7 heteroatoms. The first-order valence-electron chi connectivity index (χ1n) is 16.0. The number of amides is 1. The van der Waals surface area contributed by atoms with Crippen molar-refractivity contribution in [3.05, 3.63) is 65.2 Å². The van der Waals surface area contributed by atoms with Gasteiger partial charge in [-0.1, -0.05) is 122 Å². The van der Waals surface area contributed by atoms with Crippen LogP contribution in [-0.2, 0) is 20.9 Å². The summed E-state index contributed by atoms with van der Waals surface area (Å²) in [6.07, 6.45) is 7.62. The first-order chi connectivity index (χ1) is 20.5. The molecular formula is C37H62N2O4S. The highest BCUT2D eigenvalue weighted by Crippen LogP contribution is 2.32. The van der Waals surface area contributed by atoms with Crippen LogP contribution in [0.15, 0.2) is 54.1 Å². The quantitative estimate of drug-likeness (QED) is 0.158. The molecule has 0 heterocycles. The van der Waals surface area contributed by atoms with E-state index in [-0.39, 0.29) is 29.4 Å². The Kier molecular flexibility index (Phi) is 24.1. The maximum absolute atomic E-state index is 12.3. The zero-order valence-electron chi connectivity index (χ0n) is 29.2. The van der Waals surface area contributed by atoms with E-state index in [2.05, 4.69) is 91.2 Å². The number of nitrogens with one attached hydrogen (secondary N) is 1. The number of benzene rings is 1. The third-order valence-corrected chi connectivity index (χ3v) is 7.93. The van der Waals surface area contributed by atoms with Gasteiger partial charge in [0.15, 0.2) is 0 Å². The van der Waals surface area contributed by atoms with E-state index in [1.165, 1.54) is 28.9 Å². The lowest BCUT2D eigenvalue weighted by Crippen LogP contribution is -2.28. The molecule has 0 radical (unpaired) electrons. The zero-order valence-corrected chi connectivity index (χ0v) is 30.0. The highest BCUT2D eigenvalue weighted by Gasteiger charge is 2.13. The van der Waals surface area contributed by atoms with Crippen LogP contribution in [0.5, 0.6) is 0 Å². The summed E-state index contributed by atoms with van der Waals surface area (Å²) in [5.41, 5.74) is 9.63. The Balaban J connectivity index is 0. The normalized spacial score (nSPS) is 12.7. The minimum Gasteiger partial charge on any atom is -0.481 e. The first-order valence-corrected chi connectivity index (χ1v) is 16.8. The van der Waals surface area contributed by atoms with Crippen molar-refractivity contribution in [1.29, 1.82) is 0 Å². The monoisotopic (exact) mass is 630 g/mol. The number of ketones is 1. The number of carboxylic acids is 1. The third-order valence-electron chi connectivity index (χ3n) is 6.95. The molecule has 1 amide bonds. The van der Waals surface area contributed by atoms with Crippen LogP contribution in [0, 0.1) is 17.3 Å². The van der Waals surface area contributed by atoms with Gasteiger partial charge in [-0.25, -0.2) is 0 Å². The lowest BCUT2D eigenvalue weighted by atomic mass is 9.91. The fraction of sp³-hybridized carbons (Fsp3) is 0.595. The van der Waals surface area contributed by atoms with E-state index in [0.717, 1.165) is 30.7 Å².